The molecule has 1 amide bonds. The lowest BCUT2D eigenvalue weighted by Crippen LogP contribution is -2.16. The van der Waals surface area contributed by atoms with Crippen LogP contribution in [-0.2, 0) is 11.2 Å². The first-order valence-corrected chi connectivity index (χ1v) is 10.3. The number of rotatable bonds is 4. The number of fused-ring (bicyclic) bond motifs is 2. The molecule has 2 atom stereocenters. The molecule has 0 unspecified atom stereocenters. The summed E-state index contributed by atoms with van der Waals surface area (Å²) in [5, 5.41) is 17.1. The van der Waals surface area contributed by atoms with E-state index in [1.54, 1.807) is 6.20 Å². The zero-order valence-corrected chi connectivity index (χ0v) is 16.8. The van der Waals surface area contributed by atoms with Gasteiger partial charge in [0.05, 0.1) is 17.1 Å². The molecule has 0 radical (unpaired) electrons. The maximum atomic E-state index is 12.3. The molecule has 2 aliphatic rings. The van der Waals surface area contributed by atoms with Gasteiger partial charge in [-0.15, -0.1) is 0 Å². The summed E-state index contributed by atoms with van der Waals surface area (Å²) in [5.74, 6) is 0.673. The zero-order chi connectivity index (χ0) is 20.8. The number of nitrogen functional groups attached to an aromatic ring is 1. The van der Waals surface area contributed by atoms with Crippen molar-refractivity contribution >= 4 is 34.0 Å². The molecule has 3 aromatic rings. The maximum Gasteiger partial charge on any atom is 0.229 e. The Morgan fingerprint density at radius 2 is 2.20 bits per heavy atom. The van der Waals surface area contributed by atoms with E-state index in [0.29, 0.717) is 11.6 Å². The minimum atomic E-state index is -0.137. The van der Waals surface area contributed by atoms with Crippen molar-refractivity contribution in [3.8, 4) is 11.3 Å². The molecule has 0 spiro atoms. The second-order valence-corrected chi connectivity index (χ2v) is 8.11. The van der Waals surface area contributed by atoms with Crippen LogP contribution in [-0.4, -0.2) is 39.1 Å². The molecule has 30 heavy (non-hydrogen) atoms. The molecule has 1 saturated carbocycles. The summed E-state index contributed by atoms with van der Waals surface area (Å²) in [7, 11) is 0. The van der Waals surface area contributed by atoms with Crippen LogP contribution in [0.3, 0.4) is 0 Å². The van der Waals surface area contributed by atoms with E-state index in [9.17, 15) is 9.90 Å². The first kappa shape index (κ1) is 18.7. The van der Waals surface area contributed by atoms with E-state index in [2.05, 4.69) is 32.5 Å². The molecule has 3 aromatic heterocycles. The number of anilines is 3. The van der Waals surface area contributed by atoms with Crippen molar-refractivity contribution in [2.24, 2.45) is 11.8 Å². The summed E-state index contributed by atoms with van der Waals surface area (Å²) >= 11 is 0. The number of nitrogens with zero attached hydrogens (tertiary/aromatic N) is 3. The van der Waals surface area contributed by atoms with Gasteiger partial charge in [0.15, 0.2) is 0 Å². The third-order valence-corrected chi connectivity index (χ3v) is 6.08. The zero-order valence-electron chi connectivity index (χ0n) is 16.8. The minimum absolute atomic E-state index is 0.0395. The van der Waals surface area contributed by atoms with Crippen LogP contribution in [0.2, 0.25) is 0 Å². The summed E-state index contributed by atoms with van der Waals surface area (Å²) in [6.45, 7) is 3.05. The fourth-order valence-electron chi connectivity index (χ4n) is 4.18. The van der Waals surface area contributed by atoms with Crippen LogP contribution < -0.4 is 16.4 Å². The van der Waals surface area contributed by atoms with Crippen LogP contribution in [0.1, 0.15) is 24.1 Å². The maximum absolute atomic E-state index is 12.3. The van der Waals surface area contributed by atoms with Crippen LogP contribution in [0.5, 0.6) is 0 Å². The Labute approximate surface area is 173 Å². The van der Waals surface area contributed by atoms with E-state index in [1.807, 2.05) is 18.3 Å². The number of amides is 1. The first-order valence-electron chi connectivity index (χ1n) is 10.3. The van der Waals surface area contributed by atoms with Crippen molar-refractivity contribution in [1.82, 2.24) is 15.0 Å². The molecule has 0 saturated heterocycles. The second-order valence-electron chi connectivity index (χ2n) is 8.11. The van der Waals surface area contributed by atoms with Crippen LogP contribution >= 0.6 is 0 Å². The highest BCUT2D eigenvalue weighted by Crippen LogP contribution is 2.39. The quantitative estimate of drug-likeness (QED) is 0.526. The summed E-state index contributed by atoms with van der Waals surface area (Å²) in [6, 6.07) is 3.76. The van der Waals surface area contributed by atoms with Crippen molar-refractivity contribution in [3.05, 3.63) is 35.8 Å². The Kier molecular flexibility index (Phi) is 4.51. The Morgan fingerprint density at radius 3 is 3.00 bits per heavy atom. The molecule has 8 heteroatoms. The van der Waals surface area contributed by atoms with Gasteiger partial charge in [0.1, 0.15) is 11.6 Å². The Balaban J connectivity index is 1.50. The van der Waals surface area contributed by atoms with E-state index in [-0.39, 0.29) is 24.3 Å². The minimum Gasteiger partial charge on any atom is -0.396 e. The monoisotopic (exact) mass is 404 g/mol. The molecular weight excluding hydrogens is 380 g/mol. The molecule has 0 bridgehead atoms. The molecule has 154 valence electrons. The van der Waals surface area contributed by atoms with Crippen molar-refractivity contribution in [3.63, 3.8) is 0 Å². The van der Waals surface area contributed by atoms with Crippen molar-refractivity contribution in [2.45, 2.75) is 26.2 Å². The predicted octanol–water partition coefficient (Wildman–Crippen LogP) is 2.51. The number of aryl methyl sites for hydroxylation is 1. The summed E-state index contributed by atoms with van der Waals surface area (Å²) in [4.78, 5) is 25.8. The number of aromatic nitrogens is 3. The SMILES string of the molecule is Cc1c(-c2cc3cc(NC(=O)[C@@H]4C[C@@H]4CO)ncc3c(N)n2)cnc2c1NCCC2. The highest BCUT2D eigenvalue weighted by atomic mass is 16.3. The van der Waals surface area contributed by atoms with E-state index in [4.69, 9.17) is 5.73 Å². The highest BCUT2D eigenvalue weighted by Gasteiger charge is 2.42. The molecule has 8 nitrogen and oxygen atoms in total. The molecule has 5 rings (SSSR count). The lowest BCUT2D eigenvalue weighted by Gasteiger charge is -2.21. The fourth-order valence-corrected chi connectivity index (χ4v) is 4.18. The van der Waals surface area contributed by atoms with E-state index < -0.39 is 0 Å². The number of nitrogens with two attached hydrogens (primary N) is 1. The fraction of sp³-hybridized carbons (Fsp3) is 0.364. The molecule has 0 aromatic carbocycles. The number of pyridine rings is 3. The number of hydrogen-bond acceptors (Lipinski definition) is 7. The van der Waals surface area contributed by atoms with Crippen molar-refractivity contribution < 1.29 is 9.90 Å². The van der Waals surface area contributed by atoms with Gasteiger partial charge < -0.3 is 21.5 Å². The van der Waals surface area contributed by atoms with Crippen LogP contribution in [0, 0.1) is 18.8 Å². The average Bonchev–Trinajstić information content (AvgIpc) is 3.54. The standard InChI is InChI=1S/C22H24N6O2/c1-11-15(8-25-17-3-2-4-24-20(11)17)18-6-12-7-19(26-9-16(12)21(23)27-18)28-22(30)14-5-13(14)10-29/h6-9,13-14,24,29H,2-5,10H2,1H3,(H2,23,27)(H,26,28,30)/t13-,14-/m1/s1. The molecule has 1 fully saturated rings. The Bertz CT molecular complexity index is 1160. The number of carbonyl (C=O) groups excluding carboxylic acids is 1. The average molecular weight is 404 g/mol. The molecule has 5 N–H and O–H groups in total. The smallest absolute Gasteiger partial charge is 0.229 e. The molecule has 4 heterocycles. The van der Waals surface area contributed by atoms with Gasteiger partial charge in [0.2, 0.25) is 5.91 Å². The number of hydrogen-bond donors (Lipinski definition) is 4. The highest BCUT2D eigenvalue weighted by molar-refractivity contribution is 5.98. The topological polar surface area (TPSA) is 126 Å². The van der Waals surface area contributed by atoms with E-state index in [1.165, 1.54) is 0 Å². The molecular formula is C22H24N6O2. The van der Waals surface area contributed by atoms with Crippen LogP contribution in [0.25, 0.3) is 22.0 Å². The molecule has 1 aliphatic heterocycles. The van der Waals surface area contributed by atoms with Gasteiger partial charge in [-0.3, -0.25) is 9.78 Å². The van der Waals surface area contributed by atoms with Crippen molar-refractivity contribution in [1.29, 1.82) is 0 Å². The number of aliphatic hydroxyl groups is 1. The largest absolute Gasteiger partial charge is 0.396 e. The van der Waals surface area contributed by atoms with E-state index >= 15 is 0 Å². The number of nitrogens with one attached hydrogen (secondary N) is 2. The normalized spacial score (nSPS) is 19.8. The van der Waals surface area contributed by atoms with Gasteiger partial charge in [0, 0.05) is 42.4 Å². The number of aliphatic hydroxyl groups excluding tert-OH is 1. The lowest BCUT2D eigenvalue weighted by atomic mass is 9.99. The van der Waals surface area contributed by atoms with Gasteiger partial charge in [0.25, 0.3) is 0 Å². The summed E-state index contributed by atoms with van der Waals surface area (Å²) < 4.78 is 0. The second kappa shape index (κ2) is 7.21. The van der Waals surface area contributed by atoms with Gasteiger partial charge in [-0.1, -0.05) is 0 Å². The predicted molar refractivity (Wildman–Crippen MR) is 116 cm³/mol. The Hall–Kier alpha value is -3.26. The Morgan fingerprint density at radius 1 is 1.33 bits per heavy atom. The number of carbonyl (C=O) groups is 1. The van der Waals surface area contributed by atoms with Crippen LogP contribution in [0.4, 0.5) is 17.3 Å². The van der Waals surface area contributed by atoms with Gasteiger partial charge in [-0.2, -0.15) is 0 Å². The lowest BCUT2D eigenvalue weighted by molar-refractivity contribution is -0.117. The van der Waals surface area contributed by atoms with E-state index in [0.717, 1.165) is 64.8 Å². The van der Waals surface area contributed by atoms with Gasteiger partial charge in [-0.05, 0) is 55.2 Å². The first-order chi connectivity index (χ1) is 14.5. The van der Waals surface area contributed by atoms with Gasteiger partial charge in [-0.25, -0.2) is 9.97 Å². The van der Waals surface area contributed by atoms with Crippen molar-refractivity contribution in [2.75, 3.05) is 29.5 Å². The summed E-state index contributed by atoms with van der Waals surface area (Å²) in [6.07, 6.45) is 6.27. The molecule has 1 aliphatic carbocycles. The van der Waals surface area contributed by atoms with Crippen LogP contribution in [0.15, 0.2) is 24.5 Å². The third-order valence-electron chi connectivity index (χ3n) is 6.08. The van der Waals surface area contributed by atoms with Gasteiger partial charge >= 0.3 is 0 Å². The summed E-state index contributed by atoms with van der Waals surface area (Å²) in [5.41, 5.74) is 11.2. The third kappa shape index (κ3) is 3.23.